The van der Waals surface area contributed by atoms with Crippen LogP contribution in [0.3, 0.4) is 0 Å². The summed E-state index contributed by atoms with van der Waals surface area (Å²) >= 11 is 0. The summed E-state index contributed by atoms with van der Waals surface area (Å²) in [5.74, 6) is 0. The zero-order valence-electron chi connectivity index (χ0n) is 6.10. The van der Waals surface area contributed by atoms with Crippen LogP contribution in [-0.2, 0) is 0 Å². The second-order valence-corrected chi connectivity index (χ2v) is 1.99. The van der Waals surface area contributed by atoms with E-state index in [-0.39, 0.29) is 35.5 Å². The molecular weight excluding hydrogens is 156 g/mol. The van der Waals surface area contributed by atoms with Gasteiger partial charge in [0.25, 0.3) is 0 Å². The van der Waals surface area contributed by atoms with E-state index >= 15 is 0 Å². The quantitative estimate of drug-likeness (QED) is 0.334. The summed E-state index contributed by atoms with van der Waals surface area (Å²) in [5.41, 5.74) is 2.36. The summed E-state index contributed by atoms with van der Waals surface area (Å²) in [5, 5.41) is 0. The Bertz CT molecular complexity index is 169. The topological polar surface area (TPSA) is 0 Å². The molecule has 0 aromatic heterocycles. The van der Waals surface area contributed by atoms with Crippen molar-refractivity contribution < 1.29 is 12.4 Å². The zero-order chi connectivity index (χ0) is 5.98. The molecule has 0 aliphatic rings. The number of rotatable bonds is 0. The fourth-order valence-corrected chi connectivity index (χ4v) is 0.712. The Labute approximate surface area is 84.6 Å². The van der Waals surface area contributed by atoms with E-state index < -0.39 is 0 Å². The maximum Gasteiger partial charge on any atom is 2.00 e. The van der Waals surface area contributed by atoms with E-state index in [1.165, 1.54) is 5.56 Å². The number of hydrogen-bond donors (Lipinski definition) is 0. The van der Waals surface area contributed by atoms with Crippen molar-refractivity contribution in [3.63, 3.8) is 0 Å². The van der Waals surface area contributed by atoms with Crippen LogP contribution >= 0.6 is 0 Å². The van der Waals surface area contributed by atoms with Gasteiger partial charge in [-0.05, 0) is 0 Å². The Morgan fingerprint density at radius 3 is 2.20 bits per heavy atom. The van der Waals surface area contributed by atoms with Crippen LogP contribution in [0.2, 0.25) is 0 Å². The van der Waals surface area contributed by atoms with Crippen molar-refractivity contribution in [2.24, 2.45) is 0 Å². The minimum atomic E-state index is 0. The van der Waals surface area contributed by atoms with E-state index in [1.807, 2.05) is 12.1 Å². The molecule has 0 saturated heterocycles. The van der Waals surface area contributed by atoms with Crippen molar-refractivity contribution in [1.29, 1.82) is 0 Å². The molecule has 0 bridgehead atoms. The Morgan fingerprint density at radius 2 is 1.90 bits per heavy atom. The average Bonchev–Trinajstić information content (AvgIpc) is 1.64. The smallest absolute Gasteiger partial charge is 1.00 e. The van der Waals surface area contributed by atoms with Gasteiger partial charge >= 0.3 is 23.1 Å². The largest absolute Gasteiger partial charge is 2.00 e. The zero-order valence-corrected chi connectivity index (χ0v) is 8.27. The number of benzene rings is 1. The first kappa shape index (κ1) is 12.8. The molecule has 0 nitrogen and oxygen atoms in total. The van der Waals surface area contributed by atoms with Crippen molar-refractivity contribution in [2.75, 3.05) is 0 Å². The third-order valence-corrected chi connectivity index (χ3v) is 1.08. The van der Waals surface area contributed by atoms with Crippen molar-refractivity contribution in [3.05, 3.63) is 42.3 Å². The monoisotopic (exact) mass is 164 g/mol. The predicted octanol–water partition coefficient (Wildman–Crippen LogP) is -1.20. The molecule has 0 aliphatic heterocycles. The normalized spacial score (nSPS) is 7.30. The fourth-order valence-electron chi connectivity index (χ4n) is 0.712. The van der Waals surface area contributed by atoms with E-state index in [4.69, 9.17) is 0 Å². The van der Waals surface area contributed by atoms with Gasteiger partial charge in [-0.2, -0.15) is 24.6 Å². The van der Waals surface area contributed by atoms with Gasteiger partial charge in [0.05, 0.1) is 0 Å². The first-order valence-electron chi connectivity index (χ1n) is 2.67. The summed E-state index contributed by atoms with van der Waals surface area (Å²) in [6.45, 7) is 5.85. The molecule has 0 aliphatic carbocycles. The predicted molar refractivity (Wildman–Crippen MR) is 41.4 cm³/mol. The molecule has 1 rings (SSSR count). The summed E-state index contributed by atoms with van der Waals surface area (Å²) < 4.78 is 0. The molecule has 0 fully saturated rings. The molecule has 10 heavy (non-hydrogen) atoms. The Kier molecular flexibility index (Phi) is 7.54. The average molecular weight is 165 g/mol. The van der Waals surface area contributed by atoms with Gasteiger partial charge in [-0.1, -0.05) is 13.0 Å². The minimum Gasteiger partial charge on any atom is -1.00 e. The summed E-state index contributed by atoms with van der Waals surface area (Å²) in [4.78, 5) is 0. The van der Waals surface area contributed by atoms with Crippen LogP contribution < -0.4 is 12.4 Å². The molecule has 0 N–H and O–H groups in total. The first-order valence-corrected chi connectivity index (χ1v) is 2.67. The van der Waals surface area contributed by atoms with E-state index in [0.29, 0.717) is 0 Å². The summed E-state index contributed by atoms with van der Waals surface area (Å²) in [7, 11) is 0. The Hall–Kier alpha value is 0.146. The second-order valence-electron chi connectivity index (χ2n) is 1.99. The van der Waals surface area contributed by atoms with Crippen molar-refractivity contribution in [2.45, 2.75) is 6.92 Å². The van der Waals surface area contributed by atoms with Crippen LogP contribution in [0.4, 0.5) is 0 Å². The molecule has 0 atom stereocenters. The van der Waals surface area contributed by atoms with Crippen LogP contribution in [0.15, 0.2) is 24.3 Å². The molecule has 1 aromatic carbocycles. The van der Waals surface area contributed by atoms with E-state index in [0.717, 1.165) is 5.56 Å². The molecule has 0 spiro atoms. The maximum atomic E-state index is 3.78. The molecule has 2 heteroatoms. The van der Waals surface area contributed by atoms with Crippen LogP contribution in [0.25, 0.3) is 0 Å². The third kappa shape index (κ3) is 4.04. The maximum absolute atomic E-state index is 3.78. The van der Waals surface area contributed by atoms with Gasteiger partial charge in [0.1, 0.15) is 0 Å². The van der Waals surface area contributed by atoms with Gasteiger partial charge in [-0.3, -0.25) is 0 Å². The van der Waals surface area contributed by atoms with Crippen LogP contribution in [-0.4, -0.2) is 23.1 Å². The van der Waals surface area contributed by atoms with Crippen molar-refractivity contribution in [1.82, 2.24) is 0 Å². The minimum absolute atomic E-state index is 0. The molecule has 0 unspecified atom stereocenters. The van der Waals surface area contributed by atoms with E-state index in [9.17, 15) is 0 Å². The molecule has 0 amide bonds. The first-order chi connectivity index (χ1) is 3.79. The van der Waals surface area contributed by atoms with Gasteiger partial charge in [0.2, 0.25) is 0 Å². The molecule has 50 valence electrons. The third-order valence-electron chi connectivity index (χ3n) is 1.08. The number of aryl methyl sites for hydroxylation is 1. The Balaban J connectivity index is 0. The van der Waals surface area contributed by atoms with Gasteiger partial charge < -0.3 is 12.4 Å². The molecule has 0 radical (unpaired) electrons. The molecule has 0 saturated carbocycles. The summed E-state index contributed by atoms with van der Waals surface area (Å²) in [6.07, 6.45) is 0. The van der Waals surface area contributed by atoms with Crippen molar-refractivity contribution in [3.8, 4) is 0 Å². The molecule has 1 aromatic rings. The van der Waals surface area contributed by atoms with E-state index in [2.05, 4.69) is 26.0 Å². The summed E-state index contributed by atoms with van der Waals surface area (Å²) in [6, 6.07) is 8.12. The molecule has 0 heterocycles. The van der Waals surface area contributed by atoms with Crippen LogP contribution in [0, 0.1) is 13.8 Å². The number of hydrogen-bond acceptors (Lipinski definition) is 0. The standard InChI is InChI=1S/C8H9.ClH.Mg/c1-7-4-3-5-8(2)6-7;;/h3-6H,1H2,2H3;1H;/q-1;;+2/p-1. The van der Waals surface area contributed by atoms with Crippen LogP contribution in [0.5, 0.6) is 0 Å². The molecular formula is C8H9ClMg. The van der Waals surface area contributed by atoms with Gasteiger partial charge in [-0.15, -0.1) is 11.6 Å². The van der Waals surface area contributed by atoms with Crippen LogP contribution in [0.1, 0.15) is 11.1 Å². The second kappa shape index (κ2) is 5.90. The Morgan fingerprint density at radius 1 is 1.30 bits per heavy atom. The van der Waals surface area contributed by atoms with E-state index in [1.54, 1.807) is 0 Å². The van der Waals surface area contributed by atoms with Crippen molar-refractivity contribution >= 4 is 23.1 Å². The van der Waals surface area contributed by atoms with Gasteiger partial charge in [0, 0.05) is 0 Å². The number of halogens is 1. The van der Waals surface area contributed by atoms with Gasteiger partial charge in [0.15, 0.2) is 0 Å². The SMILES string of the molecule is [CH2-]c1cccc(C)c1.[Cl-].[Mg+2]. The fraction of sp³-hybridized carbons (Fsp3) is 0.125. The van der Waals surface area contributed by atoms with Gasteiger partial charge in [-0.25, -0.2) is 0 Å².